The molecule has 0 N–H and O–H groups in total. The fraction of sp³-hybridized carbons (Fsp3) is 0.958. The van der Waals surface area contributed by atoms with Crippen LogP contribution in [0.2, 0.25) is 0 Å². The average Bonchev–Trinajstić information content (AvgIpc) is 3.13. The van der Waals surface area contributed by atoms with Gasteiger partial charge in [-0.25, -0.2) is 0 Å². The van der Waals surface area contributed by atoms with Crippen LogP contribution in [0.1, 0.15) is 232 Å². The van der Waals surface area contributed by atoms with E-state index in [0.29, 0.717) is 26.1 Å². The Morgan fingerprint density at radius 1 is 0.321 bits per heavy atom. The van der Waals surface area contributed by atoms with Crippen LogP contribution in [0.4, 0.5) is 0 Å². The van der Waals surface area contributed by atoms with Crippen molar-refractivity contribution in [2.45, 2.75) is 232 Å². The van der Waals surface area contributed by atoms with Gasteiger partial charge in [0.05, 0.1) is 41.3 Å². The largest absolute Gasteiger partial charge is 1.00 e. The number of nitrogens with zero attached hydrogens (tertiary/aromatic N) is 2. The Hall–Kier alpha value is -0.180. The zero-order valence-electron chi connectivity index (χ0n) is 38.6. The van der Waals surface area contributed by atoms with Crippen LogP contribution < -0.4 is 34.0 Å². The summed E-state index contributed by atoms with van der Waals surface area (Å²) in [6.45, 7) is 9.63. The van der Waals surface area contributed by atoms with Crippen molar-refractivity contribution in [3.05, 3.63) is 0 Å². The summed E-state index contributed by atoms with van der Waals surface area (Å²) in [4.78, 5) is 24.5. The Balaban J connectivity index is -0.0000140. The summed E-state index contributed by atoms with van der Waals surface area (Å²) >= 11 is 0. The second kappa shape index (κ2) is 44.4. The number of rotatable bonds is 43. The molecular formula is C48H98Br2N2O4. The van der Waals surface area contributed by atoms with E-state index in [4.69, 9.17) is 9.47 Å². The normalized spacial score (nSPS) is 11.6. The lowest BCUT2D eigenvalue weighted by atomic mass is 10.0. The molecule has 0 spiro atoms. The predicted molar refractivity (Wildman–Crippen MR) is 234 cm³/mol. The van der Waals surface area contributed by atoms with Gasteiger partial charge in [0.1, 0.15) is 26.3 Å². The lowest BCUT2D eigenvalue weighted by Gasteiger charge is -2.29. The fourth-order valence-corrected chi connectivity index (χ4v) is 7.54. The minimum absolute atomic E-state index is 0. The number of halogens is 2. The summed E-state index contributed by atoms with van der Waals surface area (Å²) in [6.07, 6.45) is 43.4. The maximum atomic E-state index is 12.3. The van der Waals surface area contributed by atoms with Crippen LogP contribution >= 0.6 is 0 Å². The molecule has 0 aliphatic rings. The summed E-state index contributed by atoms with van der Waals surface area (Å²) in [5, 5.41) is 0. The molecule has 0 saturated heterocycles. The molecule has 0 heterocycles. The number of quaternary nitrogens is 2. The number of esters is 2. The van der Waals surface area contributed by atoms with Crippen LogP contribution in [0, 0.1) is 0 Å². The maximum absolute atomic E-state index is 12.3. The van der Waals surface area contributed by atoms with E-state index < -0.39 is 0 Å². The van der Waals surface area contributed by atoms with Crippen LogP contribution in [-0.4, -0.2) is 88.5 Å². The number of likely N-dealkylation sites (N-methyl/N-ethyl adjacent to an activating group) is 2. The van der Waals surface area contributed by atoms with E-state index >= 15 is 0 Å². The van der Waals surface area contributed by atoms with Crippen molar-refractivity contribution >= 4 is 11.9 Å². The molecule has 0 atom stereocenters. The van der Waals surface area contributed by atoms with Gasteiger partial charge in [-0.15, -0.1) is 0 Å². The number of ether oxygens (including phenoxy) is 2. The third kappa shape index (κ3) is 46.5. The average molecular weight is 927 g/mol. The van der Waals surface area contributed by atoms with E-state index in [1.807, 2.05) is 0 Å². The molecule has 56 heavy (non-hydrogen) atoms. The summed E-state index contributed by atoms with van der Waals surface area (Å²) in [5.74, 6) is -0.165. The third-order valence-corrected chi connectivity index (χ3v) is 11.7. The maximum Gasteiger partial charge on any atom is 0.305 e. The molecule has 0 aromatic heterocycles. The van der Waals surface area contributed by atoms with E-state index in [1.165, 1.54) is 180 Å². The molecule has 0 aliphatic carbocycles. The van der Waals surface area contributed by atoms with Gasteiger partial charge in [0.2, 0.25) is 0 Å². The van der Waals surface area contributed by atoms with E-state index in [0.717, 1.165) is 60.8 Å². The molecule has 0 fully saturated rings. The molecule has 0 bridgehead atoms. The van der Waals surface area contributed by atoms with Crippen LogP contribution in [0.3, 0.4) is 0 Å². The van der Waals surface area contributed by atoms with Gasteiger partial charge in [-0.2, -0.15) is 0 Å². The van der Waals surface area contributed by atoms with E-state index in [-0.39, 0.29) is 45.9 Å². The highest BCUT2D eigenvalue weighted by Gasteiger charge is 2.17. The molecule has 0 amide bonds. The molecule has 8 heteroatoms. The fourth-order valence-electron chi connectivity index (χ4n) is 7.54. The highest BCUT2D eigenvalue weighted by atomic mass is 79.9. The van der Waals surface area contributed by atoms with Gasteiger partial charge < -0.3 is 52.4 Å². The van der Waals surface area contributed by atoms with Gasteiger partial charge in [-0.1, -0.05) is 181 Å². The Kier molecular flexibility index (Phi) is 47.6. The first-order chi connectivity index (χ1) is 26.1. The van der Waals surface area contributed by atoms with Crippen molar-refractivity contribution in [3.8, 4) is 0 Å². The molecule has 0 aliphatic heterocycles. The van der Waals surface area contributed by atoms with Gasteiger partial charge in [0, 0.05) is 12.8 Å². The predicted octanol–water partition coefficient (Wildman–Crippen LogP) is 7.54. The summed E-state index contributed by atoms with van der Waals surface area (Å²) in [6, 6.07) is 0. The third-order valence-electron chi connectivity index (χ3n) is 11.7. The summed E-state index contributed by atoms with van der Waals surface area (Å²) in [7, 11) is 9.01. The monoisotopic (exact) mass is 925 g/mol. The van der Waals surface area contributed by atoms with Gasteiger partial charge in [-0.3, -0.25) is 9.59 Å². The van der Waals surface area contributed by atoms with Crippen molar-refractivity contribution in [3.63, 3.8) is 0 Å². The Bertz CT molecular complexity index is 761. The summed E-state index contributed by atoms with van der Waals surface area (Å²) in [5.41, 5.74) is 0. The van der Waals surface area contributed by atoms with Gasteiger partial charge in [-0.05, 0) is 38.5 Å². The number of hydrogen-bond donors (Lipinski definition) is 0. The minimum Gasteiger partial charge on any atom is -1.00 e. The molecule has 0 saturated carbocycles. The zero-order chi connectivity index (χ0) is 39.9. The first-order valence-electron chi connectivity index (χ1n) is 24.1. The van der Waals surface area contributed by atoms with Crippen molar-refractivity contribution in [2.24, 2.45) is 0 Å². The molecule has 0 aromatic rings. The van der Waals surface area contributed by atoms with E-state index in [9.17, 15) is 9.59 Å². The van der Waals surface area contributed by atoms with Crippen LogP contribution in [0.25, 0.3) is 0 Å². The molecular weight excluding hydrogens is 828 g/mol. The number of unbranched alkanes of at least 4 members (excludes halogenated alkanes) is 29. The zero-order valence-corrected chi connectivity index (χ0v) is 41.7. The lowest BCUT2D eigenvalue weighted by molar-refractivity contribution is -0.890. The van der Waals surface area contributed by atoms with Crippen LogP contribution in [0.5, 0.6) is 0 Å². The van der Waals surface area contributed by atoms with Crippen molar-refractivity contribution < 1.29 is 62.0 Å². The second-order valence-electron chi connectivity index (χ2n) is 18.3. The van der Waals surface area contributed by atoms with E-state index in [2.05, 4.69) is 42.0 Å². The van der Waals surface area contributed by atoms with E-state index in [1.54, 1.807) is 0 Å². The second-order valence-corrected chi connectivity index (χ2v) is 18.3. The smallest absolute Gasteiger partial charge is 0.305 e. The Morgan fingerprint density at radius 3 is 0.786 bits per heavy atom. The SMILES string of the molecule is CCCCCCCCCCCCCCCC[N+](C)(C)CCOC(=O)CCCCCCC(=O)OCC[N+](C)(C)CCCCCCCCCCCCCCCC.[Br-].[Br-]. The van der Waals surface area contributed by atoms with Gasteiger partial charge in [0.25, 0.3) is 0 Å². The number of carbonyl (C=O) groups excluding carboxylic acids is 2. The molecule has 0 unspecified atom stereocenters. The van der Waals surface area contributed by atoms with Crippen LogP contribution in [-0.2, 0) is 19.1 Å². The molecule has 0 aromatic carbocycles. The Labute approximate surface area is 371 Å². The standard InChI is InChI=1S/C48H98N2O4.2BrH/c1-7-9-11-13-15-17-19-21-23-25-27-29-33-37-41-49(3,4)43-45-53-47(51)39-35-31-32-36-40-48(52)54-46-44-50(5,6)42-38-34-30-28-26-24-22-20-18-16-14-12-10-8-2;;/h7-46H2,1-6H3;2*1H/q+2;;/p-2. The lowest BCUT2D eigenvalue weighted by Crippen LogP contribution is -3.00. The Morgan fingerprint density at radius 2 is 0.536 bits per heavy atom. The molecule has 6 nitrogen and oxygen atoms in total. The van der Waals surface area contributed by atoms with Crippen molar-refractivity contribution in [1.82, 2.24) is 0 Å². The van der Waals surface area contributed by atoms with Gasteiger partial charge in [0.15, 0.2) is 0 Å². The minimum atomic E-state index is -0.0827. The highest BCUT2D eigenvalue weighted by molar-refractivity contribution is 5.69. The number of hydrogen-bond acceptors (Lipinski definition) is 4. The van der Waals surface area contributed by atoms with Gasteiger partial charge >= 0.3 is 11.9 Å². The summed E-state index contributed by atoms with van der Waals surface area (Å²) < 4.78 is 12.9. The van der Waals surface area contributed by atoms with Crippen molar-refractivity contribution in [1.29, 1.82) is 0 Å². The molecule has 0 rings (SSSR count). The van der Waals surface area contributed by atoms with Crippen LogP contribution in [0.15, 0.2) is 0 Å². The quantitative estimate of drug-likeness (QED) is 0.0361. The molecule has 338 valence electrons. The van der Waals surface area contributed by atoms with Crippen molar-refractivity contribution in [2.75, 3.05) is 67.6 Å². The topological polar surface area (TPSA) is 52.6 Å². The highest BCUT2D eigenvalue weighted by Crippen LogP contribution is 2.16. The number of carbonyl (C=O) groups is 2. The molecule has 0 radical (unpaired) electrons. The first kappa shape index (κ1) is 60.1. The first-order valence-corrected chi connectivity index (χ1v) is 24.1.